The van der Waals surface area contributed by atoms with Crippen molar-refractivity contribution in [3.8, 4) is 0 Å². The first kappa shape index (κ1) is 12.0. The quantitative estimate of drug-likeness (QED) is 0.442. The second-order valence-electron chi connectivity index (χ2n) is 1.13. The SMILES string of the molecule is Ic1nc(I)c(I)[nH]1.[K]. The second kappa shape index (κ2) is 5.64. The number of aromatic amines is 1. The summed E-state index contributed by atoms with van der Waals surface area (Å²) in [4.78, 5) is 7.18. The normalized spacial score (nSPS) is 8.78. The molecule has 45 valence electrons. The van der Waals surface area contributed by atoms with Gasteiger partial charge in [-0.25, -0.2) is 4.98 Å². The van der Waals surface area contributed by atoms with Gasteiger partial charge in [-0.2, -0.15) is 0 Å². The number of H-pyrrole nitrogens is 1. The van der Waals surface area contributed by atoms with Gasteiger partial charge >= 0.3 is 0 Å². The van der Waals surface area contributed by atoms with Crippen LogP contribution in [0.2, 0.25) is 0 Å². The molecule has 0 unspecified atom stereocenters. The summed E-state index contributed by atoms with van der Waals surface area (Å²) in [6.45, 7) is 0. The van der Waals surface area contributed by atoms with Crippen molar-refractivity contribution >= 4 is 119 Å². The van der Waals surface area contributed by atoms with Crippen molar-refractivity contribution in [3.63, 3.8) is 0 Å². The number of nitrogens with zero attached hydrogens (tertiary/aromatic N) is 1. The summed E-state index contributed by atoms with van der Waals surface area (Å²) >= 11 is 6.56. The number of hydrogen-bond acceptors (Lipinski definition) is 1. The van der Waals surface area contributed by atoms with Crippen molar-refractivity contribution in [3.05, 3.63) is 11.2 Å². The fourth-order valence-corrected chi connectivity index (χ4v) is 2.55. The van der Waals surface area contributed by atoms with E-state index in [1.807, 2.05) is 0 Å². The molecular weight excluding hydrogens is 484 g/mol. The summed E-state index contributed by atoms with van der Waals surface area (Å²) in [7, 11) is 0. The minimum atomic E-state index is 0. The maximum absolute atomic E-state index is 4.12. The number of hydrogen-bond donors (Lipinski definition) is 1. The fraction of sp³-hybridized carbons (Fsp3) is 0. The van der Waals surface area contributed by atoms with E-state index in [1.54, 1.807) is 0 Å². The van der Waals surface area contributed by atoms with Crippen molar-refractivity contribution in [2.24, 2.45) is 0 Å². The molecule has 9 heavy (non-hydrogen) atoms. The zero-order valence-corrected chi connectivity index (χ0v) is 14.2. The van der Waals surface area contributed by atoms with Gasteiger partial charge in [-0.15, -0.1) is 0 Å². The van der Waals surface area contributed by atoms with Gasteiger partial charge in [0.2, 0.25) is 0 Å². The number of nitrogens with one attached hydrogen (secondary N) is 1. The summed E-state index contributed by atoms with van der Waals surface area (Å²) < 4.78 is 3.12. The smallest absolute Gasteiger partial charge is 0.170 e. The topological polar surface area (TPSA) is 28.7 Å². The van der Waals surface area contributed by atoms with Crippen LogP contribution in [-0.2, 0) is 0 Å². The van der Waals surface area contributed by atoms with Gasteiger partial charge in [0.15, 0.2) is 3.83 Å². The third kappa shape index (κ3) is 3.99. The predicted molar refractivity (Wildman–Crippen MR) is 62.5 cm³/mol. The van der Waals surface area contributed by atoms with Gasteiger partial charge in [0, 0.05) is 51.4 Å². The summed E-state index contributed by atoms with van der Waals surface area (Å²) in [5, 5.41) is 0. The molecule has 1 aromatic rings. The number of aromatic nitrogens is 2. The van der Waals surface area contributed by atoms with Gasteiger partial charge in [0.1, 0.15) is 7.40 Å². The average molecular weight is 485 g/mol. The van der Waals surface area contributed by atoms with Crippen molar-refractivity contribution in [1.82, 2.24) is 9.97 Å². The molecule has 1 N–H and O–H groups in total. The molecule has 0 spiro atoms. The molecular formula is C3HI3KN2. The van der Waals surface area contributed by atoms with Crippen LogP contribution in [0.3, 0.4) is 0 Å². The van der Waals surface area contributed by atoms with Gasteiger partial charge < -0.3 is 4.98 Å². The molecule has 0 saturated heterocycles. The van der Waals surface area contributed by atoms with E-state index in [0.717, 1.165) is 11.2 Å². The van der Waals surface area contributed by atoms with Crippen LogP contribution >= 0.6 is 67.8 Å². The zero-order valence-electron chi connectivity index (χ0n) is 4.58. The molecule has 0 atom stereocenters. The molecule has 1 radical (unpaired) electrons. The molecule has 0 bridgehead atoms. The van der Waals surface area contributed by atoms with Crippen LogP contribution < -0.4 is 0 Å². The third-order valence-corrected chi connectivity index (χ3v) is 3.69. The maximum atomic E-state index is 4.12. The van der Waals surface area contributed by atoms with E-state index in [1.165, 1.54) is 0 Å². The third-order valence-electron chi connectivity index (χ3n) is 0.590. The van der Waals surface area contributed by atoms with Crippen LogP contribution in [-0.4, -0.2) is 61.4 Å². The van der Waals surface area contributed by atoms with E-state index in [-0.39, 0.29) is 51.4 Å². The van der Waals surface area contributed by atoms with Crippen molar-refractivity contribution in [2.45, 2.75) is 0 Å². The molecule has 0 aliphatic heterocycles. The van der Waals surface area contributed by atoms with E-state index in [2.05, 4.69) is 77.7 Å². The van der Waals surface area contributed by atoms with Crippen LogP contribution in [0.1, 0.15) is 0 Å². The summed E-state index contributed by atoms with van der Waals surface area (Å²) in [6, 6.07) is 0. The Labute approximate surface area is 137 Å². The van der Waals surface area contributed by atoms with Crippen molar-refractivity contribution in [1.29, 1.82) is 0 Å². The summed E-state index contributed by atoms with van der Waals surface area (Å²) in [6.07, 6.45) is 0. The Balaban J connectivity index is 0.000000640. The van der Waals surface area contributed by atoms with Gasteiger partial charge in [-0.3, -0.25) is 0 Å². The molecule has 1 aromatic heterocycles. The molecule has 0 aromatic carbocycles. The van der Waals surface area contributed by atoms with E-state index in [0.29, 0.717) is 0 Å². The Bertz CT molecular complexity index is 179. The molecule has 0 saturated carbocycles. The monoisotopic (exact) mass is 485 g/mol. The van der Waals surface area contributed by atoms with Crippen LogP contribution in [0.4, 0.5) is 0 Å². The first-order valence-electron chi connectivity index (χ1n) is 1.76. The Morgan fingerprint density at radius 2 is 1.78 bits per heavy atom. The van der Waals surface area contributed by atoms with Gasteiger partial charge in [-0.05, 0) is 67.8 Å². The molecule has 0 aliphatic rings. The summed E-state index contributed by atoms with van der Waals surface area (Å²) in [5.74, 6) is 0. The Morgan fingerprint density at radius 3 is 1.89 bits per heavy atom. The minimum absolute atomic E-state index is 0. The Hall–Kier alpha value is 3.04. The molecule has 0 fully saturated rings. The molecule has 1 heterocycles. The van der Waals surface area contributed by atoms with E-state index in [4.69, 9.17) is 0 Å². The van der Waals surface area contributed by atoms with E-state index in [9.17, 15) is 0 Å². The van der Waals surface area contributed by atoms with Gasteiger partial charge in [0.05, 0.1) is 0 Å². The predicted octanol–water partition coefficient (Wildman–Crippen LogP) is 1.84. The van der Waals surface area contributed by atoms with E-state index >= 15 is 0 Å². The number of imidazole rings is 1. The van der Waals surface area contributed by atoms with Gasteiger partial charge in [-0.1, -0.05) is 0 Å². The minimum Gasteiger partial charge on any atom is -0.328 e. The largest absolute Gasteiger partial charge is 0.328 e. The summed E-state index contributed by atoms with van der Waals surface area (Å²) in [5.41, 5.74) is 0. The van der Waals surface area contributed by atoms with Crippen molar-refractivity contribution < 1.29 is 0 Å². The van der Waals surface area contributed by atoms with Crippen LogP contribution in [0.25, 0.3) is 0 Å². The average Bonchev–Trinajstić information content (AvgIpc) is 1.85. The molecule has 1 rings (SSSR count). The molecule has 2 nitrogen and oxygen atoms in total. The first-order valence-corrected chi connectivity index (χ1v) is 5.00. The second-order valence-corrected chi connectivity index (χ2v) is 4.25. The zero-order chi connectivity index (χ0) is 6.15. The standard InChI is InChI=1S/C3HI3N2.K/c4-1-2(5)8-3(6)7-1;/h(H,7,8);. The molecule has 0 aliphatic carbocycles. The van der Waals surface area contributed by atoms with Crippen LogP contribution in [0.5, 0.6) is 0 Å². The van der Waals surface area contributed by atoms with Crippen molar-refractivity contribution in [2.75, 3.05) is 0 Å². The Morgan fingerprint density at radius 1 is 1.22 bits per heavy atom. The maximum Gasteiger partial charge on any atom is 0.170 e. The molecule has 0 amide bonds. The Kier molecular flexibility index (Phi) is 7.55. The van der Waals surface area contributed by atoms with Crippen LogP contribution in [0, 0.1) is 11.2 Å². The first-order chi connectivity index (χ1) is 3.70. The van der Waals surface area contributed by atoms with Crippen LogP contribution in [0.15, 0.2) is 0 Å². The van der Waals surface area contributed by atoms with E-state index < -0.39 is 0 Å². The number of halogens is 3. The number of rotatable bonds is 0. The molecule has 6 heteroatoms. The van der Waals surface area contributed by atoms with Gasteiger partial charge in [0.25, 0.3) is 0 Å². The fourth-order valence-electron chi connectivity index (χ4n) is 0.305.